The van der Waals surface area contributed by atoms with E-state index in [0.29, 0.717) is 11.4 Å². The molecular formula is C18H13N3O2S2. The highest BCUT2D eigenvalue weighted by Gasteiger charge is 2.59. The van der Waals surface area contributed by atoms with Crippen LogP contribution in [0.1, 0.15) is 6.42 Å². The Morgan fingerprint density at radius 3 is 2.64 bits per heavy atom. The maximum atomic E-state index is 12.9. The van der Waals surface area contributed by atoms with E-state index in [4.69, 9.17) is 5.26 Å². The van der Waals surface area contributed by atoms with Gasteiger partial charge in [-0.05, 0) is 36.5 Å². The first-order valence-electron chi connectivity index (χ1n) is 8.14. The third-order valence-corrected chi connectivity index (χ3v) is 7.37. The molecule has 124 valence electrons. The van der Waals surface area contributed by atoms with Gasteiger partial charge in [0.15, 0.2) is 4.34 Å². The zero-order valence-corrected chi connectivity index (χ0v) is 14.7. The van der Waals surface area contributed by atoms with E-state index in [-0.39, 0.29) is 35.5 Å². The van der Waals surface area contributed by atoms with Crippen LogP contribution in [0.3, 0.4) is 0 Å². The summed E-state index contributed by atoms with van der Waals surface area (Å²) in [6, 6.07) is 7.61. The largest absolute Gasteiger partial charge is 0.274 e. The molecule has 25 heavy (non-hydrogen) atoms. The van der Waals surface area contributed by atoms with Crippen LogP contribution < -0.4 is 4.90 Å². The number of thioether (sulfide) groups is 1. The van der Waals surface area contributed by atoms with Crippen molar-refractivity contribution >= 4 is 50.8 Å². The summed E-state index contributed by atoms with van der Waals surface area (Å²) in [5.41, 5.74) is 1.46. The molecule has 2 fully saturated rings. The fraction of sp³-hybridized carbons (Fsp3) is 0.333. The second kappa shape index (κ2) is 5.41. The Morgan fingerprint density at radius 2 is 1.96 bits per heavy atom. The number of benzene rings is 1. The van der Waals surface area contributed by atoms with E-state index in [2.05, 4.69) is 23.2 Å². The van der Waals surface area contributed by atoms with Gasteiger partial charge in [0.1, 0.15) is 0 Å². The number of anilines is 1. The highest BCUT2D eigenvalue weighted by molar-refractivity contribution is 8.01. The summed E-state index contributed by atoms with van der Waals surface area (Å²) in [6.45, 7) is 0. The third kappa shape index (κ3) is 2.11. The van der Waals surface area contributed by atoms with Crippen molar-refractivity contribution in [1.29, 1.82) is 5.26 Å². The number of imide groups is 1. The van der Waals surface area contributed by atoms with Gasteiger partial charge in [0.05, 0.1) is 39.6 Å². The van der Waals surface area contributed by atoms with Crippen LogP contribution in [-0.2, 0) is 9.59 Å². The van der Waals surface area contributed by atoms with E-state index in [0.717, 1.165) is 21.0 Å². The molecule has 2 aliphatic carbocycles. The Bertz CT molecular complexity index is 960. The molecular weight excluding hydrogens is 354 g/mol. The predicted molar refractivity (Wildman–Crippen MR) is 96.2 cm³/mol. The molecule has 1 saturated heterocycles. The molecule has 4 atom stereocenters. The van der Waals surface area contributed by atoms with E-state index < -0.39 is 0 Å². The monoisotopic (exact) mass is 367 g/mol. The predicted octanol–water partition coefficient (Wildman–Crippen LogP) is 3.22. The first-order valence-corrected chi connectivity index (χ1v) is 9.94. The molecule has 1 aromatic heterocycles. The number of fused-ring (bicyclic) bond motifs is 6. The van der Waals surface area contributed by atoms with Crippen LogP contribution in [0.15, 0.2) is 34.7 Å². The lowest BCUT2D eigenvalue weighted by atomic mass is 9.85. The highest BCUT2D eigenvalue weighted by Crippen LogP contribution is 2.53. The highest BCUT2D eigenvalue weighted by atomic mass is 32.2. The summed E-state index contributed by atoms with van der Waals surface area (Å²) in [5, 5.41) is 8.69. The van der Waals surface area contributed by atoms with Crippen molar-refractivity contribution in [1.82, 2.24) is 4.98 Å². The number of thiazole rings is 1. The lowest BCUT2D eigenvalue weighted by Gasteiger charge is -2.17. The number of nitrogens with zero attached hydrogens (tertiary/aromatic N) is 3. The van der Waals surface area contributed by atoms with Gasteiger partial charge in [-0.2, -0.15) is 5.26 Å². The minimum absolute atomic E-state index is 0.0604. The van der Waals surface area contributed by atoms with Crippen molar-refractivity contribution in [2.75, 3.05) is 10.7 Å². The minimum atomic E-state index is -0.179. The fourth-order valence-corrected chi connectivity index (χ4v) is 6.11. The van der Waals surface area contributed by atoms with Gasteiger partial charge in [0, 0.05) is 0 Å². The van der Waals surface area contributed by atoms with Crippen LogP contribution in [0.2, 0.25) is 0 Å². The average molecular weight is 367 g/mol. The van der Waals surface area contributed by atoms with Crippen LogP contribution in [0, 0.1) is 35.0 Å². The molecule has 2 aromatic rings. The van der Waals surface area contributed by atoms with Crippen LogP contribution in [0.4, 0.5) is 5.69 Å². The summed E-state index contributed by atoms with van der Waals surface area (Å²) in [6.07, 6.45) is 5.14. The van der Waals surface area contributed by atoms with E-state index >= 15 is 0 Å². The molecule has 0 N–H and O–H groups in total. The molecule has 2 bridgehead atoms. The SMILES string of the molecule is N#CCSc1nc2ccc(N3C(=O)[C@@H]4[C@@H](C3=O)[C@H]3C=C[C@H]4C3)cc2s1. The van der Waals surface area contributed by atoms with Crippen LogP contribution in [0.5, 0.6) is 0 Å². The Labute approximate surface area is 152 Å². The smallest absolute Gasteiger partial charge is 0.238 e. The van der Waals surface area contributed by atoms with Crippen molar-refractivity contribution < 1.29 is 9.59 Å². The molecule has 0 unspecified atom stereocenters. The number of rotatable bonds is 3. The zero-order valence-electron chi connectivity index (χ0n) is 13.1. The molecule has 2 amide bonds. The van der Waals surface area contributed by atoms with Crippen molar-refractivity contribution in [2.24, 2.45) is 23.7 Å². The third-order valence-electron chi connectivity index (χ3n) is 5.34. The van der Waals surface area contributed by atoms with Gasteiger partial charge >= 0.3 is 0 Å². The summed E-state index contributed by atoms with van der Waals surface area (Å²) in [7, 11) is 0. The van der Waals surface area contributed by atoms with E-state index in [1.165, 1.54) is 28.0 Å². The summed E-state index contributed by atoms with van der Waals surface area (Å²) < 4.78 is 1.75. The van der Waals surface area contributed by atoms with Crippen molar-refractivity contribution in [2.45, 2.75) is 10.8 Å². The summed E-state index contributed by atoms with van der Waals surface area (Å²) in [4.78, 5) is 31.6. The Balaban J connectivity index is 1.50. The lowest BCUT2D eigenvalue weighted by Crippen LogP contribution is -2.32. The molecule has 0 spiro atoms. The fourth-order valence-electron chi connectivity index (χ4n) is 4.34. The number of hydrogen-bond donors (Lipinski definition) is 0. The molecule has 2 heterocycles. The van der Waals surface area contributed by atoms with Gasteiger partial charge in [-0.1, -0.05) is 23.9 Å². The quantitative estimate of drug-likeness (QED) is 0.473. The van der Waals surface area contributed by atoms with Crippen molar-refractivity contribution in [3.8, 4) is 6.07 Å². The van der Waals surface area contributed by atoms with E-state index in [9.17, 15) is 9.59 Å². The van der Waals surface area contributed by atoms with Crippen molar-refractivity contribution in [3.05, 3.63) is 30.4 Å². The first-order chi connectivity index (χ1) is 12.2. The van der Waals surface area contributed by atoms with Gasteiger partial charge in [-0.3, -0.25) is 9.59 Å². The van der Waals surface area contributed by atoms with Gasteiger partial charge in [0.25, 0.3) is 0 Å². The van der Waals surface area contributed by atoms with E-state index in [1.807, 2.05) is 12.1 Å². The Morgan fingerprint density at radius 1 is 1.24 bits per heavy atom. The molecule has 5 rings (SSSR count). The Kier molecular flexibility index (Phi) is 3.27. The zero-order chi connectivity index (χ0) is 17.1. The minimum Gasteiger partial charge on any atom is -0.274 e. The molecule has 1 aliphatic heterocycles. The Hall–Kier alpha value is -2.17. The topological polar surface area (TPSA) is 74.1 Å². The number of allylic oxidation sites excluding steroid dienone is 2. The van der Waals surface area contributed by atoms with Crippen LogP contribution >= 0.6 is 23.1 Å². The van der Waals surface area contributed by atoms with Gasteiger partial charge in [0.2, 0.25) is 11.8 Å². The molecule has 7 heteroatoms. The second-order valence-electron chi connectivity index (χ2n) is 6.59. The van der Waals surface area contributed by atoms with Crippen LogP contribution in [0.25, 0.3) is 10.2 Å². The van der Waals surface area contributed by atoms with Crippen molar-refractivity contribution in [3.63, 3.8) is 0 Å². The second-order valence-corrected chi connectivity index (χ2v) is 8.84. The number of amides is 2. The number of aromatic nitrogens is 1. The molecule has 5 nitrogen and oxygen atoms in total. The maximum Gasteiger partial charge on any atom is 0.238 e. The number of carbonyl (C=O) groups excluding carboxylic acids is 2. The first kappa shape index (κ1) is 15.1. The summed E-state index contributed by atoms with van der Waals surface area (Å²) in [5.74, 6) is 0.317. The lowest BCUT2D eigenvalue weighted by molar-refractivity contribution is -0.123. The molecule has 3 aliphatic rings. The van der Waals surface area contributed by atoms with E-state index in [1.54, 1.807) is 6.07 Å². The summed E-state index contributed by atoms with van der Waals surface area (Å²) >= 11 is 2.88. The normalized spacial score (nSPS) is 29.6. The molecule has 1 saturated carbocycles. The maximum absolute atomic E-state index is 12.9. The van der Waals surface area contributed by atoms with Gasteiger partial charge in [-0.25, -0.2) is 9.88 Å². The van der Waals surface area contributed by atoms with Gasteiger partial charge in [-0.15, -0.1) is 11.3 Å². The molecule has 0 radical (unpaired) electrons. The number of carbonyl (C=O) groups is 2. The van der Waals surface area contributed by atoms with Gasteiger partial charge < -0.3 is 0 Å². The average Bonchev–Trinajstić information content (AvgIpc) is 3.35. The number of nitriles is 1. The standard InChI is InChI=1S/C18H13N3O2S2/c19-5-6-24-18-20-12-4-3-11(8-13(12)25-18)21-16(22)14-9-1-2-10(7-9)15(14)17(21)23/h1-4,8-10,14-15H,6-7H2/t9-,10-,14-,15-/m0/s1. The number of hydrogen-bond acceptors (Lipinski definition) is 6. The molecule has 1 aromatic carbocycles. The van der Waals surface area contributed by atoms with Crippen LogP contribution in [-0.4, -0.2) is 22.6 Å².